The third kappa shape index (κ3) is 5.66. The lowest BCUT2D eigenvalue weighted by Crippen LogP contribution is -2.28. The minimum Gasteiger partial charge on any atom is -0.461 e. The molecule has 33 heavy (non-hydrogen) atoms. The number of furan rings is 1. The zero-order chi connectivity index (χ0) is 23.4. The Bertz CT molecular complexity index is 1180. The van der Waals surface area contributed by atoms with Crippen LogP contribution in [0.5, 0.6) is 0 Å². The maximum Gasteiger partial charge on any atom is 0.238 e. The molecule has 9 nitrogen and oxygen atoms in total. The van der Waals surface area contributed by atoms with E-state index < -0.39 is 10.0 Å². The Hall–Kier alpha value is -2.63. The molecule has 176 valence electrons. The molecule has 2 heterocycles. The fraction of sp³-hybridized carbons (Fsp3) is 0.409. The number of primary sulfonamides is 1. The van der Waals surface area contributed by atoms with Gasteiger partial charge >= 0.3 is 0 Å². The van der Waals surface area contributed by atoms with Gasteiger partial charge in [-0.3, -0.25) is 9.36 Å². The maximum atomic E-state index is 12.6. The SMILES string of the molecule is C[C@H](NC(=O)CSc1nnc(-c2ccco2)n1C1CCCCC1)c1ccc(S(N)(=O)=O)cc1. The number of nitrogens with one attached hydrogen (secondary N) is 1. The van der Waals surface area contributed by atoms with Gasteiger partial charge in [-0.2, -0.15) is 0 Å². The number of aromatic nitrogens is 3. The van der Waals surface area contributed by atoms with E-state index in [1.165, 1.54) is 30.3 Å². The molecular weight excluding hydrogens is 462 g/mol. The fourth-order valence-electron chi connectivity index (χ4n) is 4.06. The Kier molecular flexibility index (Phi) is 7.20. The summed E-state index contributed by atoms with van der Waals surface area (Å²) in [7, 11) is -3.75. The van der Waals surface area contributed by atoms with Crippen LogP contribution in [0, 0.1) is 0 Å². The second-order valence-electron chi connectivity index (χ2n) is 8.14. The van der Waals surface area contributed by atoms with Gasteiger partial charge in [-0.15, -0.1) is 10.2 Å². The molecule has 0 bridgehead atoms. The predicted molar refractivity (Wildman–Crippen MR) is 125 cm³/mol. The van der Waals surface area contributed by atoms with Crippen molar-refractivity contribution in [1.82, 2.24) is 20.1 Å². The topological polar surface area (TPSA) is 133 Å². The van der Waals surface area contributed by atoms with Gasteiger partial charge in [0.25, 0.3) is 0 Å². The monoisotopic (exact) mass is 489 g/mol. The number of sulfonamides is 1. The molecule has 1 atom stereocenters. The van der Waals surface area contributed by atoms with E-state index in [1.54, 1.807) is 18.4 Å². The number of amides is 1. The van der Waals surface area contributed by atoms with Crippen molar-refractivity contribution in [3.05, 3.63) is 48.2 Å². The third-order valence-electron chi connectivity index (χ3n) is 5.76. The highest BCUT2D eigenvalue weighted by Crippen LogP contribution is 2.35. The average Bonchev–Trinajstić information content (AvgIpc) is 3.47. The molecule has 3 aromatic rings. The van der Waals surface area contributed by atoms with Crippen molar-refractivity contribution in [3.8, 4) is 11.6 Å². The molecule has 1 amide bonds. The number of benzene rings is 1. The summed E-state index contributed by atoms with van der Waals surface area (Å²) in [5.41, 5.74) is 0.784. The highest BCUT2D eigenvalue weighted by atomic mass is 32.2. The molecule has 1 aliphatic carbocycles. The Morgan fingerprint density at radius 3 is 2.58 bits per heavy atom. The van der Waals surface area contributed by atoms with Crippen LogP contribution >= 0.6 is 11.8 Å². The van der Waals surface area contributed by atoms with Crippen LogP contribution in [0.25, 0.3) is 11.6 Å². The van der Waals surface area contributed by atoms with E-state index in [-0.39, 0.29) is 28.6 Å². The third-order valence-corrected chi connectivity index (χ3v) is 7.64. The summed E-state index contributed by atoms with van der Waals surface area (Å²) in [4.78, 5) is 12.7. The lowest BCUT2D eigenvalue weighted by atomic mass is 9.95. The van der Waals surface area contributed by atoms with E-state index >= 15 is 0 Å². The maximum absolute atomic E-state index is 12.6. The van der Waals surface area contributed by atoms with Gasteiger partial charge in [0.1, 0.15) is 0 Å². The largest absolute Gasteiger partial charge is 0.461 e. The van der Waals surface area contributed by atoms with Crippen molar-refractivity contribution >= 4 is 27.7 Å². The Labute approximate surface area is 197 Å². The Morgan fingerprint density at radius 1 is 1.21 bits per heavy atom. The minimum atomic E-state index is -3.75. The molecule has 1 saturated carbocycles. The molecule has 0 unspecified atom stereocenters. The molecule has 0 radical (unpaired) electrons. The molecule has 4 rings (SSSR count). The Morgan fingerprint density at radius 2 is 1.94 bits per heavy atom. The predicted octanol–water partition coefficient (Wildman–Crippen LogP) is 3.66. The van der Waals surface area contributed by atoms with Crippen molar-refractivity contribution in [2.75, 3.05) is 5.75 Å². The van der Waals surface area contributed by atoms with Crippen LogP contribution in [0.3, 0.4) is 0 Å². The highest BCUT2D eigenvalue weighted by Gasteiger charge is 2.25. The van der Waals surface area contributed by atoms with Gasteiger partial charge in [-0.25, -0.2) is 13.6 Å². The van der Waals surface area contributed by atoms with Gasteiger partial charge in [0.05, 0.1) is 23.0 Å². The zero-order valence-corrected chi connectivity index (χ0v) is 19.9. The number of carbonyl (C=O) groups is 1. The summed E-state index contributed by atoms with van der Waals surface area (Å²) in [5, 5.41) is 17.5. The summed E-state index contributed by atoms with van der Waals surface area (Å²) in [6, 6.07) is 9.86. The van der Waals surface area contributed by atoms with Crippen molar-refractivity contribution in [1.29, 1.82) is 0 Å². The van der Waals surface area contributed by atoms with Crippen molar-refractivity contribution < 1.29 is 17.6 Å². The summed E-state index contributed by atoms with van der Waals surface area (Å²) >= 11 is 1.35. The first-order chi connectivity index (χ1) is 15.8. The first kappa shape index (κ1) is 23.5. The van der Waals surface area contributed by atoms with E-state index in [4.69, 9.17) is 9.56 Å². The van der Waals surface area contributed by atoms with E-state index in [2.05, 4.69) is 20.1 Å². The van der Waals surface area contributed by atoms with Crippen molar-refractivity contribution in [2.45, 2.75) is 61.2 Å². The number of nitrogens with two attached hydrogens (primary N) is 1. The molecule has 1 aliphatic rings. The number of nitrogens with zero attached hydrogens (tertiary/aromatic N) is 3. The molecule has 0 aliphatic heterocycles. The average molecular weight is 490 g/mol. The van der Waals surface area contributed by atoms with Gasteiger partial charge in [-0.1, -0.05) is 43.2 Å². The summed E-state index contributed by atoms with van der Waals surface area (Å²) < 4.78 is 30.5. The second-order valence-corrected chi connectivity index (χ2v) is 10.6. The molecule has 0 saturated heterocycles. The smallest absolute Gasteiger partial charge is 0.238 e. The molecule has 11 heteroatoms. The molecule has 1 aromatic carbocycles. The number of hydrogen-bond donors (Lipinski definition) is 2. The number of hydrogen-bond acceptors (Lipinski definition) is 7. The molecule has 0 spiro atoms. The van der Waals surface area contributed by atoms with Crippen LogP contribution in [0.4, 0.5) is 0 Å². The number of thioether (sulfide) groups is 1. The number of carbonyl (C=O) groups excluding carboxylic acids is 1. The second kappa shape index (κ2) is 10.1. The van der Waals surface area contributed by atoms with Crippen LogP contribution in [0.1, 0.15) is 56.7 Å². The quantitative estimate of drug-likeness (QED) is 0.461. The van der Waals surface area contributed by atoms with Crippen LogP contribution in [0.2, 0.25) is 0 Å². The summed E-state index contributed by atoms with van der Waals surface area (Å²) in [6.45, 7) is 1.84. The minimum absolute atomic E-state index is 0.0368. The first-order valence-corrected chi connectivity index (χ1v) is 13.4. The van der Waals surface area contributed by atoms with Crippen LogP contribution < -0.4 is 10.5 Å². The lowest BCUT2D eigenvalue weighted by Gasteiger charge is -2.25. The molecule has 3 N–H and O–H groups in total. The summed E-state index contributed by atoms with van der Waals surface area (Å²) in [6.07, 6.45) is 7.27. The fourth-order valence-corrected chi connectivity index (χ4v) is 5.39. The standard InChI is InChI=1S/C22H27N5O4S2/c1-15(16-9-11-18(12-10-16)33(23,29)30)24-20(28)14-32-22-26-25-21(19-8-5-13-31-19)27(22)17-6-3-2-4-7-17/h5,8-13,15,17H,2-4,6-7,14H2,1H3,(H,24,28)(H2,23,29,30)/t15-/m0/s1. The van der Waals surface area contributed by atoms with Crippen molar-refractivity contribution in [2.24, 2.45) is 5.14 Å². The molecule has 1 fully saturated rings. The summed E-state index contributed by atoms with van der Waals surface area (Å²) in [5.74, 6) is 1.39. The van der Waals surface area contributed by atoms with E-state index in [0.29, 0.717) is 16.7 Å². The number of rotatable bonds is 8. The van der Waals surface area contributed by atoms with Crippen LogP contribution in [-0.2, 0) is 14.8 Å². The van der Waals surface area contributed by atoms with E-state index in [1.807, 2.05) is 19.1 Å². The zero-order valence-electron chi connectivity index (χ0n) is 18.3. The van der Waals surface area contributed by atoms with Crippen LogP contribution in [0.15, 0.2) is 57.1 Å². The van der Waals surface area contributed by atoms with Crippen molar-refractivity contribution in [3.63, 3.8) is 0 Å². The van der Waals surface area contributed by atoms with E-state index in [0.717, 1.165) is 31.2 Å². The molecular formula is C22H27N5O4S2. The van der Waals surface area contributed by atoms with Gasteiger partial charge in [-0.05, 0) is 49.6 Å². The van der Waals surface area contributed by atoms with Crippen LogP contribution in [-0.4, -0.2) is 34.8 Å². The normalized spacial score (nSPS) is 15.9. The van der Waals surface area contributed by atoms with Gasteiger partial charge in [0, 0.05) is 6.04 Å². The Balaban J connectivity index is 1.42. The first-order valence-electron chi connectivity index (χ1n) is 10.9. The molecule has 2 aromatic heterocycles. The highest BCUT2D eigenvalue weighted by molar-refractivity contribution is 7.99. The van der Waals surface area contributed by atoms with Gasteiger partial charge < -0.3 is 9.73 Å². The van der Waals surface area contributed by atoms with E-state index in [9.17, 15) is 13.2 Å². The van der Waals surface area contributed by atoms with Gasteiger partial charge in [0.2, 0.25) is 21.8 Å². The van der Waals surface area contributed by atoms with Gasteiger partial charge in [0.15, 0.2) is 10.9 Å². The lowest BCUT2D eigenvalue weighted by molar-refractivity contribution is -0.119.